The lowest BCUT2D eigenvalue weighted by Crippen LogP contribution is -2.38. The monoisotopic (exact) mass is 290 g/mol. The number of hydrogen-bond donors (Lipinski definition) is 2. The Bertz CT molecular complexity index is 507. The van der Waals surface area contributed by atoms with Crippen LogP contribution in [0.4, 0.5) is 0 Å². The summed E-state index contributed by atoms with van der Waals surface area (Å²) in [6.07, 6.45) is 5.28. The molecule has 1 aromatic carbocycles. The molecule has 1 aromatic rings. The van der Waals surface area contributed by atoms with E-state index in [4.69, 9.17) is 18.0 Å². The van der Waals surface area contributed by atoms with E-state index in [1.165, 1.54) is 0 Å². The molecule has 1 fully saturated rings. The van der Waals surface area contributed by atoms with Crippen LogP contribution in [-0.2, 0) is 11.3 Å². The maximum Gasteiger partial charge on any atom is 0.226 e. The largest absolute Gasteiger partial charge is 0.389 e. The highest BCUT2D eigenvalue weighted by Crippen LogP contribution is 2.41. The van der Waals surface area contributed by atoms with E-state index in [1.54, 1.807) is 0 Å². The van der Waals surface area contributed by atoms with Crippen molar-refractivity contribution in [2.45, 2.75) is 45.6 Å². The van der Waals surface area contributed by atoms with Gasteiger partial charge < -0.3 is 11.1 Å². The maximum absolute atomic E-state index is 12.4. The normalized spacial score (nSPS) is 16.9. The lowest BCUT2D eigenvalue weighted by Gasteiger charge is -2.26. The van der Waals surface area contributed by atoms with Crippen LogP contribution in [0, 0.1) is 5.41 Å². The minimum absolute atomic E-state index is 0.138. The molecule has 0 radical (unpaired) electrons. The average Bonchev–Trinajstić information content (AvgIpc) is 2.95. The van der Waals surface area contributed by atoms with Crippen molar-refractivity contribution >= 4 is 23.1 Å². The summed E-state index contributed by atoms with van der Waals surface area (Å²) in [6.45, 7) is 2.65. The highest BCUT2D eigenvalue weighted by Gasteiger charge is 2.38. The first-order valence-electron chi connectivity index (χ1n) is 7.24. The Morgan fingerprint density at radius 2 is 2.10 bits per heavy atom. The predicted octanol–water partition coefficient (Wildman–Crippen LogP) is 2.91. The molecule has 108 valence electrons. The van der Waals surface area contributed by atoms with Crippen molar-refractivity contribution in [3.8, 4) is 0 Å². The van der Waals surface area contributed by atoms with Gasteiger partial charge >= 0.3 is 0 Å². The molecule has 3 nitrogen and oxygen atoms in total. The molecule has 4 heteroatoms. The van der Waals surface area contributed by atoms with E-state index in [0.29, 0.717) is 11.5 Å². The zero-order valence-electron chi connectivity index (χ0n) is 11.9. The van der Waals surface area contributed by atoms with Crippen LogP contribution in [0.25, 0.3) is 0 Å². The summed E-state index contributed by atoms with van der Waals surface area (Å²) in [5.41, 5.74) is 7.37. The fourth-order valence-electron chi connectivity index (χ4n) is 3.00. The zero-order chi connectivity index (χ0) is 14.6. The van der Waals surface area contributed by atoms with Gasteiger partial charge in [-0.25, -0.2) is 0 Å². The van der Waals surface area contributed by atoms with Crippen LogP contribution in [0.15, 0.2) is 24.3 Å². The van der Waals surface area contributed by atoms with Crippen LogP contribution >= 0.6 is 12.2 Å². The second kappa shape index (κ2) is 6.35. The molecule has 0 bridgehead atoms. The van der Waals surface area contributed by atoms with E-state index < -0.39 is 0 Å². The summed E-state index contributed by atoms with van der Waals surface area (Å²) in [5.74, 6) is 0.193. The minimum atomic E-state index is -0.138. The van der Waals surface area contributed by atoms with Crippen molar-refractivity contribution < 1.29 is 4.79 Å². The summed E-state index contributed by atoms with van der Waals surface area (Å²) in [4.78, 5) is 12.8. The number of nitrogens with one attached hydrogen (secondary N) is 1. The predicted molar refractivity (Wildman–Crippen MR) is 85.4 cm³/mol. The third-order valence-electron chi connectivity index (χ3n) is 4.38. The second-order valence-corrected chi connectivity index (χ2v) is 6.03. The Morgan fingerprint density at radius 1 is 1.40 bits per heavy atom. The molecule has 0 saturated heterocycles. The smallest absolute Gasteiger partial charge is 0.226 e. The highest BCUT2D eigenvalue weighted by atomic mass is 32.1. The molecule has 0 aliphatic heterocycles. The lowest BCUT2D eigenvalue weighted by atomic mass is 9.82. The molecule has 1 aliphatic rings. The Morgan fingerprint density at radius 3 is 2.70 bits per heavy atom. The van der Waals surface area contributed by atoms with Crippen molar-refractivity contribution in [1.29, 1.82) is 0 Å². The number of carbonyl (C=O) groups excluding carboxylic acids is 1. The Kier molecular flexibility index (Phi) is 4.76. The number of nitrogens with two attached hydrogens (primary N) is 1. The lowest BCUT2D eigenvalue weighted by molar-refractivity contribution is -0.131. The fourth-order valence-corrected chi connectivity index (χ4v) is 3.12. The summed E-state index contributed by atoms with van der Waals surface area (Å²) in [6, 6.07) is 7.73. The molecule has 1 amide bonds. The molecule has 0 spiro atoms. The van der Waals surface area contributed by atoms with E-state index in [0.717, 1.165) is 43.2 Å². The molecule has 0 atom stereocenters. The standard InChI is InChI=1S/C16H22N2OS/c1-2-16(8-3-4-9-16)15(19)18-11-12-6-5-7-13(10-12)14(17)20/h5-7,10H,2-4,8-9,11H2,1H3,(H2,17,20)(H,18,19). The topological polar surface area (TPSA) is 55.1 Å². The summed E-state index contributed by atoms with van der Waals surface area (Å²) in [7, 11) is 0. The van der Waals surface area contributed by atoms with Gasteiger partial charge in [-0.2, -0.15) is 0 Å². The quantitative estimate of drug-likeness (QED) is 0.820. The van der Waals surface area contributed by atoms with Crippen LogP contribution in [0.2, 0.25) is 0 Å². The molecule has 0 heterocycles. The molecule has 20 heavy (non-hydrogen) atoms. The van der Waals surface area contributed by atoms with Gasteiger partial charge in [0.25, 0.3) is 0 Å². The van der Waals surface area contributed by atoms with Gasteiger partial charge in [-0.15, -0.1) is 0 Å². The van der Waals surface area contributed by atoms with E-state index in [2.05, 4.69) is 12.2 Å². The number of carbonyl (C=O) groups is 1. The van der Waals surface area contributed by atoms with Gasteiger partial charge in [-0.05, 0) is 30.9 Å². The van der Waals surface area contributed by atoms with Crippen LogP contribution in [0.3, 0.4) is 0 Å². The van der Waals surface area contributed by atoms with Gasteiger partial charge in [0.15, 0.2) is 0 Å². The van der Waals surface area contributed by atoms with Crippen molar-refractivity contribution in [3.63, 3.8) is 0 Å². The van der Waals surface area contributed by atoms with E-state index >= 15 is 0 Å². The number of benzene rings is 1. The van der Waals surface area contributed by atoms with Gasteiger partial charge in [0.1, 0.15) is 4.99 Å². The summed E-state index contributed by atoms with van der Waals surface area (Å²) in [5, 5.41) is 3.08. The maximum atomic E-state index is 12.4. The zero-order valence-corrected chi connectivity index (χ0v) is 12.8. The number of amides is 1. The van der Waals surface area contributed by atoms with Gasteiger partial charge in [-0.1, -0.05) is 50.2 Å². The van der Waals surface area contributed by atoms with E-state index in [1.807, 2.05) is 24.3 Å². The molecule has 0 aromatic heterocycles. The van der Waals surface area contributed by atoms with Gasteiger partial charge in [-0.3, -0.25) is 4.79 Å². The van der Waals surface area contributed by atoms with Gasteiger partial charge in [0, 0.05) is 17.5 Å². The molecule has 1 aliphatic carbocycles. The first-order chi connectivity index (χ1) is 9.57. The Hall–Kier alpha value is -1.42. The molecule has 1 saturated carbocycles. The van der Waals surface area contributed by atoms with Gasteiger partial charge in [0.2, 0.25) is 5.91 Å². The second-order valence-electron chi connectivity index (χ2n) is 5.59. The minimum Gasteiger partial charge on any atom is -0.389 e. The number of hydrogen-bond acceptors (Lipinski definition) is 2. The first-order valence-corrected chi connectivity index (χ1v) is 7.65. The summed E-state index contributed by atoms with van der Waals surface area (Å²) < 4.78 is 0. The van der Waals surface area contributed by atoms with Crippen molar-refractivity contribution in [2.75, 3.05) is 0 Å². The number of thiocarbonyl (C=S) groups is 1. The fraction of sp³-hybridized carbons (Fsp3) is 0.500. The third kappa shape index (κ3) is 3.18. The Labute approximate surface area is 125 Å². The molecule has 2 rings (SSSR count). The third-order valence-corrected chi connectivity index (χ3v) is 4.62. The van der Waals surface area contributed by atoms with Crippen molar-refractivity contribution in [1.82, 2.24) is 5.32 Å². The summed E-state index contributed by atoms with van der Waals surface area (Å²) >= 11 is 4.97. The molecular formula is C16H22N2OS. The molecule has 3 N–H and O–H groups in total. The van der Waals surface area contributed by atoms with Crippen molar-refractivity contribution in [3.05, 3.63) is 35.4 Å². The van der Waals surface area contributed by atoms with E-state index in [-0.39, 0.29) is 11.3 Å². The van der Waals surface area contributed by atoms with Crippen LogP contribution in [0.5, 0.6) is 0 Å². The molecule has 0 unspecified atom stereocenters. The number of rotatable bonds is 5. The SMILES string of the molecule is CCC1(C(=O)NCc2cccc(C(N)=S)c2)CCCC1. The van der Waals surface area contributed by atoms with E-state index in [9.17, 15) is 4.79 Å². The van der Waals surface area contributed by atoms with Gasteiger partial charge in [0.05, 0.1) is 0 Å². The Balaban J connectivity index is 1.99. The highest BCUT2D eigenvalue weighted by molar-refractivity contribution is 7.80. The first kappa shape index (κ1) is 15.0. The van der Waals surface area contributed by atoms with Crippen LogP contribution in [-0.4, -0.2) is 10.9 Å². The molecular weight excluding hydrogens is 268 g/mol. The average molecular weight is 290 g/mol. The van der Waals surface area contributed by atoms with Crippen LogP contribution in [0.1, 0.15) is 50.2 Å². The van der Waals surface area contributed by atoms with Crippen molar-refractivity contribution in [2.24, 2.45) is 11.1 Å². The van der Waals surface area contributed by atoms with Crippen LogP contribution < -0.4 is 11.1 Å².